The van der Waals surface area contributed by atoms with Crippen molar-refractivity contribution in [3.63, 3.8) is 0 Å². The minimum Gasteiger partial charge on any atom is -0.457 e. The molecule has 174 valence electrons. The molecule has 0 bridgehead atoms. The topological polar surface area (TPSA) is 45.8 Å². The highest BCUT2D eigenvalue weighted by atomic mass is 35.5. The van der Waals surface area contributed by atoms with Crippen LogP contribution in [0.25, 0.3) is 17.4 Å². The van der Waals surface area contributed by atoms with Crippen LogP contribution in [0.2, 0.25) is 10.0 Å². The van der Waals surface area contributed by atoms with Gasteiger partial charge < -0.3 is 4.42 Å². The number of rotatable bonds is 4. The molecule has 3 aliphatic rings. The van der Waals surface area contributed by atoms with Gasteiger partial charge >= 0.3 is 0 Å². The standard InChI is InChI=1S/C26H28Cl2N2O2S/c27-17-11-13-21(22(28)15-17)23-14-12-20(32-23)16-24-25(31)30(19-9-5-2-6-10-19)26(33-24)29-18-7-3-1-4-8-18/h11-16,18-19H,1-10H2/b24-16-,29-26?. The van der Waals surface area contributed by atoms with Crippen LogP contribution in [0.3, 0.4) is 0 Å². The summed E-state index contributed by atoms with van der Waals surface area (Å²) in [7, 11) is 0. The molecule has 33 heavy (non-hydrogen) atoms. The normalized spacial score (nSPS) is 23.2. The van der Waals surface area contributed by atoms with E-state index in [1.807, 2.05) is 29.2 Å². The molecule has 1 amide bonds. The SMILES string of the molecule is O=C1/C(=C/c2ccc(-c3ccc(Cl)cc3Cl)o2)SC(=NC2CCCCC2)N1C1CCCCC1. The Bertz CT molecular complexity index is 1080. The van der Waals surface area contributed by atoms with E-state index < -0.39 is 0 Å². The summed E-state index contributed by atoms with van der Waals surface area (Å²) in [4.78, 5) is 21.3. The molecular weight excluding hydrogens is 475 g/mol. The van der Waals surface area contributed by atoms with E-state index in [0.717, 1.165) is 36.4 Å². The molecule has 2 aromatic rings. The summed E-state index contributed by atoms with van der Waals surface area (Å²) in [5, 5.41) is 2.00. The number of nitrogens with zero attached hydrogens (tertiary/aromatic N) is 2. The van der Waals surface area contributed by atoms with Crippen LogP contribution in [0.4, 0.5) is 0 Å². The number of aliphatic imine (C=N–C) groups is 1. The average Bonchev–Trinajstić information content (AvgIpc) is 3.40. The maximum Gasteiger partial charge on any atom is 0.267 e. The highest BCUT2D eigenvalue weighted by molar-refractivity contribution is 8.18. The molecule has 3 fully saturated rings. The second-order valence-electron chi connectivity index (χ2n) is 9.11. The average molecular weight is 503 g/mol. The number of halogens is 2. The van der Waals surface area contributed by atoms with Gasteiger partial charge in [-0.1, -0.05) is 61.7 Å². The van der Waals surface area contributed by atoms with Crippen LogP contribution >= 0.6 is 35.0 Å². The summed E-state index contributed by atoms with van der Waals surface area (Å²) in [6.45, 7) is 0. The van der Waals surface area contributed by atoms with Gasteiger partial charge in [-0.15, -0.1) is 0 Å². The molecular formula is C26H28Cl2N2O2S. The molecule has 7 heteroatoms. The van der Waals surface area contributed by atoms with Crippen molar-refractivity contribution in [3.05, 3.63) is 51.0 Å². The summed E-state index contributed by atoms with van der Waals surface area (Å²) < 4.78 is 6.04. The zero-order valence-corrected chi connectivity index (χ0v) is 20.9. The van der Waals surface area contributed by atoms with Gasteiger partial charge in [-0.05, 0) is 67.8 Å². The van der Waals surface area contributed by atoms with Gasteiger partial charge in [0.1, 0.15) is 11.5 Å². The Morgan fingerprint density at radius 2 is 1.70 bits per heavy atom. The summed E-state index contributed by atoms with van der Waals surface area (Å²) in [5.41, 5.74) is 0.777. The molecule has 1 saturated heterocycles. The van der Waals surface area contributed by atoms with Crippen LogP contribution in [0, 0.1) is 0 Å². The third-order valence-electron chi connectivity index (χ3n) is 6.74. The number of hydrogen-bond donors (Lipinski definition) is 0. The number of carbonyl (C=O) groups excluding carboxylic acids is 1. The van der Waals surface area contributed by atoms with E-state index >= 15 is 0 Å². The van der Waals surface area contributed by atoms with Crippen molar-refractivity contribution in [1.82, 2.24) is 4.90 Å². The molecule has 0 radical (unpaired) electrons. The van der Waals surface area contributed by atoms with E-state index in [9.17, 15) is 4.79 Å². The van der Waals surface area contributed by atoms with E-state index in [-0.39, 0.29) is 11.9 Å². The zero-order chi connectivity index (χ0) is 22.8. The first-order valence-electron chi connectivity index (χ1n) is 11.9. The minimum atomic E-state index is 0.0592. The Morgan fingerprint density at radius 3 is 2.42 bits per heavy atom. The predicted octanol–water partition coefficient (Wildman–Crippen LogP) is 8.19. The maximum absolute atomic E-state index is 13.5. The summed E-state index contributed by atoms with van der Waals surface area (Å²) in [5.74, 6) is 1.34. The van der Waals surface area contributed by atoms with E-state index in [0.29, 0.717) is 32.5 Å². The highest BCUT2D eigenvalue weighted by Gasteiger charge is 2.39. The quantitative estimate of drug-likeness (QED) is 0.395. The predicted molar refractivity (Wildman–Crippen MR) is 138 cm³/mol. The van der Waals surface area contributed by atoms with Gasteiger partial charge in [0, 0.05) is 22.7 Å². The Labute approximate surface area is 209 Å². The van der Waals surface area contributed by atoms with E-state index in [2.05, 4.69) is 0 Å². The van der Waals surface area contributed by atoms with Crippen LogP contribution in [0.5, 0.6) is 0 Å². The number of amidine groups is 1. The number of amides is 1. The van der Waals surface area contributed by atoms with Crippen LogP contribution < -0.4 is 0 Å². The van der Waals surface area contributed by atoms with E-state index in [4.69, 9.17) is 32.6 Å². The minimum absolute atomic E-state index is 0.0592. The lowest BCUT2D eigenvalue weighted by Crippen LogP contribution is -2.41. The van der Waals surface area contributed by atoms with Crippen LogP contribution in [-0.4, -0.2) is 28.1 Å². The first-order valence-corrected chi connectivity index (χ1v) is 13.5. The highest BCUT2D eigenvalue weighted by Crippen LogP contribution is 2.39. The molecule has 1 aliphatic heterocycles. The third-order valence-corrected chi connectivity index (χ3v) is 8.29. The number of furan rings is 1. The van der Waals surface area contributed by atoms with Gasteiger partial charge in [-0.3, -0.25) is 14.7 Å². The van der Waals surface area contributed by atoms with Gasteiger partial charge in [-0.25, -0.2) is 0 Å². The van der Waals surface area contributed by atoms with Gasteiger partial charge in [0.2, 0.25) is 0 Å². The monoisotopic (exact) mass is 502 g/mol. The molecule has 1 aromatic heterocycles. The molecule has 0 atom stereocenters. The number of benzene rings is 1. The number of thioether (sulfide) groups is 1. The van der Waals surface area contributed by atoms with Crippen molar-refractivity contribution in [1.29, 1.82) is 0 Å². The van der Waals surface area contributed by atoms with Crippen LogP contribution in [0.15, 0.2) is 44.6 Å². The lowest BCUT2D eigenvalue weighted by molar-refractivity contribution is -0.124. The lowest BCUT2D eigenvalue weighted by atomic mass is 9.94. The lowest BCUT2D eigenvalue weighted by Gasteiger charge is -2.31. The maximum atomic E-state index is 13.5. The Hall–Kier alpha value is -1.69. The van der Waals surface area contributed by atoms with Crippen LogP contribution in [0.1, 0.15) is 70.0 Å². The molecule has 5 rings (SSSR count). The fourth-order valence-corrected chi connectivity index (χ4v) is 6.59. The number of hydrogen-bond acceptors (Lipinski definition) is 4. The van der Waals surface area contributed by atoms with E-state index in [1.54, 1.807) is 12.1 Å². The number of carbonyl (C=O) groups is 1. The van der Waals surface area contributed by atoms with Crippen molar-refractivity contribution in [3.8, 4) is 11.3 Å². The summed E-state index contributed by atoms with van der Waals surface area (Å²) in [6.07, 6.45) is 13.6. The molecule has 0 spiro atoms. The first kappa shape index (κ1) is 23.1. The van der Waals surface area contributed by atoms with Gasteiger partial charge in [0.25, 0.3) is 5.91 Å². The Morgan fingerprint density at radius 1 is 0.970 bits per heavy atom. The zero-order valence-electron chi connectivity index (χ0n) is 18.6. The molecule has 4 nitrogen and oxygen atoms in total. The van der Waals surface area contributed by atoms with Crippen molar-refractivity contribution < 1.29 is 9.21 Å². The summed E-state index contributed by atoms with van der Waals surface area (Å²) >= 11 is 13.9. The second kappa shape index (κ2) is 10.3. The van der Waals surface area contributed by atoms with Gasteiger partial charge in [0.05, 0.1) is 16.0 Å². The summed E-state index contributed by atoms with van der Waals surface area (Å²) in [6, 6.07) is 9.68. The molecule has 2 aliphatic carbocycles. The van der Waals surface area contributed by atoms with Crippen molar-refractivity contribution in [2.75, 3.05) is 0 Å². The van der Waals surface area contributed by atoms with Gasteiger partial charge in [-0.2, -0.15) is 0 Å². The fraction of sp³-hybridized carbons (Fsp3) is 0.462. The molecule has 2 saturated carbocycles. The van der Waals surface area contributed by atoms with Gasteiger partial charge in [0.15, 0.2) is 5.17 Å². The molecule has 2 heterocycles. The molecule has 0 unspecified atom stereocenters. The third kappa shape index (κ3) is 5.21. The second-order valence-corrected chi connectivity index (χ2v) is 11.0. The Kier molecular flexibility index (Phi) is 7.19. The molecule has 0 N–H and O–H groups in total. The van der Waals surface area contributed by atoms with Crippen molar-refractivity contribution in [2.45, 2.75) is 76.3 Å². The van der Waals surface area contributed by atoms with Crippen LogP contribution in [-0.2, 0) is 4.79 Å². The smallest absolute Gasteiger partial charge is 0.267 e. The van der Waals surface area contributed by atoms with Crippen molar-refractivity contribution in [2.24, 2.45) is 4.99 Å². The largest absolute Gasteiger partial charge is 0.457 e. The fourth-order valence-electron chi connectivity index (χ4n) is 5.00. The molecule has 1 aromatic carbocycles. The first-order chi connectivity index (χ1) is 16.1. The van der Waals surface area contributed by atoms with Crippen molar-refractivity contribution >= 4 is 52.1 Å². The van der Waals surface area contributed by atoms with E-state index in [1.165, 1.54) is 50.3 Å². The Balaban J connectivity index is 1.42.